The van der Waals surface area contributed by atoms with Gasteiger partial charge in [0.05, 0.1) is 10.9 Å². The molecule has 0 spiro atoms. The van der Waals surface area contributed by atoms with Crippen molar-refractivity contribution in [1.29, 1.82) is 0 Å². The zero-order valence-electron chi connectivity index (χ0n) is 6.13. The first-order chi connectivity index (χ1) is 4.84. The molecule has 0 fully saturated rings. The maximum Gasteiger partial charge on any atom is 0.0804 e. The van der Waals surface area contributed by atoms with Gasteiger partial charge in [0.15, 0.2) is 0 Å². The van der Waals surface area contributed by atoms with Crippen molar-refractivity contribution in [1.82, 2.24) is 4.98 Å². The molecule has 0 aliphatic rings. The highest BCUT2D eigenvalue weighted by molar-refractivity contribution is 7.07. The number of aromatic nitrogens is 1. The van der Waals surface area contributed by atoms with E-state index in [2.05, 4.69) is 24.6 Å². The van der Waals surface area contributed by atoms with Crippen LogP contribution in [-0.2, 0) is 0 Å². The maximum absolute atomic E-state index is 4.05. The van der Waals surface area contributed by atoms with E-state index >= 15 is 0 Å². The first-order valence-electron chi connectivity index (χ1n) is 3.43. The Balaban J connectivity index is 2.93. The molecule has 54 valence electrons. The molecule has 0 N–H and O–H groups in total. The highest BCUT2D eigenvalue weighted by Crippen LogP contribution is 1.86. The van der Waals surface area contributed by atoms with E-state index in [0.717, 1.165) is 11.8 Å². The summed E-state index contributed by atoms with van der Waals surface area (Å²) in [6.45, 7) is 5.97. The molecular weight excluding hydrogens is 142 g/mol. The van der Waals surface area contributed by atoms with E-state index in [-0.39, 0.29) is 0 Å². The topological polar surface area (TPSA) is 12.9 Å². The molecule has 0 bridgehead atoms. The number of unbranched alkanes of at least 4 members (excludes halogenated alkanes) is 1. The highest BCUT2D eigenvalue weighted by Gasteiger charge is 1.82. The van der Waals surface area contributed by atoms with Crippen LogP contribution < -0.4 is 9.88 Å². The molecule has 0 aliphatic heterocycles. The predicted molar refractivity (Wildman–Crippen MR) is 46.3 cm³/mol. The van der Waals surface area contributed by atoms with Gasteiger partial charge in [-0.1, -0.05) is 26.0 Å². The largest absolute Gasteiger partial charge is 0.245 e. The second-order valence-corrected chi connectivity index (χ2v) is 3.04. The molecule has 0 saturated carbocycles. The Morgan fingerprint density at radius 2 is 2.60 bits per heavy atom. The third-order valence-corrected chi connectivity index (χ3v) is 2.16. The Morgan fingerprint density at radius 3 is 3.10 bits per heavy atom. The van der Waals surface area contributed by atoms with E-state index in [1.807, 2.05) is 5.51 Å². The third kappa shape index (κ3) is 1.67. The summed E-state index contributed by atoms with van der Waals surface area (Å²) in [5.41, 5.74) is 1.84. The van der Waals surface area contributed by atoms with Gasteiger partial charge < -0.3 is 0 Å². The van der Waals surface area contributed by atoms with E-state index in [0.29, 0.717) is 0 Å². The highest BCUT2D eigenvalue weighted by atomic mass is 32.1. The smallest absolute Gasteiger partial charge is 0.0804 e. The Morgan fingerprint density at radius 1 is 1.80 bits per heavy atom. The standard InChI is InChI=1S/C8H11NS/c1-3-4-5-8-7(2)9-6-10-8/h5-6H,2-4H2,1H3/b8-5+. The predicted octanol–water partition coefficient (Wildman–Crippen LogP) is 1.13. The molecule has 0 saturated heterocycles. The lowest BCUT2D eigenvalue weighted by Gasteiger charge is -1.79. The minimum Gasteiger partial charge on any atom is -0.245 e. The molecule has 0 radical (unpaired) electrons. The van der Waals surface area contributed by atoms with Gasteiger partial charge in [0.1, 0.15) is 0 Å². The molecule has 0 amide bonds. The summed E-state index contributed by atoms with van der Waals surface area (Å²) < 4.78 is 1.22. The van der Waals surface area contributed by atoms with Crippen LogP contribution >= 0.6 is 11.3 Å². The van der Waals surface area contributed by atoms with E-state index in [9.17, 15) is 0 Å². The molecular formula is C8H11NS. The minimum atomic E-state index is 0.915. The van der Waals surface area contributed by atoms with Crippen molar-refractivity contribution >= 4 is 24.0 Å². The summed E-state index contributed by atoms with van der Waals surface area (Å²) >= 11 is 1.66. The second kappa shape index (κ2) is 3.52. The SMILES string of the molecule is C=c1ncs/c1=C/CCC. The summed E-state index contributed by atoms with van der Waals surface area (Å²) in [5, 5.41) is 0.915. The van der Waals surface area contributed by atoms with E-state index in [1.165, 1.54) is 11.0 Å². The van der Waals surface area contributed by atoms with Crippen molar-refractivity contribution in [2.45, 2.75) is 19.8 Å². The molecule has 1 nitrogen and oxygen atoms in total. The number of rotatable bonds is 2. The van der Waals surface area contributed by atoms with Crippen LogP contribution in [0.25, 0.3) is 12.7 Å². The van der Waals surface area contributed by atoms with Gasteiger partial charge >= 0.3 is 0 Å². The minimum absolute atomic E-state index is 0.915. The number of thiazole rings is 1. The molecule has 1 aromatic rings. The Bertz CT molecular complexity index is 286. The maximum atomic E-state index is 4.05. The van der Waals surface area contributed by atoms with Crippen molar-refractivity contribution in [2.75, 3.05) is 0 Å². The van der Waals surface area contributed by atoms with Crippen LogP contribution in [0.3, 0.4) is 0 Å². The molecule has 0 unspecified atom stereocenters. The van der Waals surface area contributed by atoms with Gasteiger partial charge in [0.2, 0.25) is 0 Å². The van der Waals surface area contributed by atoms with Gasteiger partial charge in [-0.15, -0.1) is 11.3 Å². The zero-order chi connectivity index (χ0) is 7.40. The van der Waals surface area contributed by atoms with E-state index < -0.39 is 0 Å². The average Bonchev–Trinajstić information content (AvgIpc) is 2.31. The van der Waals surface area contributed by atoms with E-state index in [4.69, 9.17) is 0 Å². The molecule has 1 aromatic heterocycles. The number of hydrogen-bond acceptors (Lipinski definition) is 2. The Labute approximate surface area is 64.7 Å². The molecule has 10 heavy (non-hydrogen) atoms. The van der Waals surface area contributed by atoms with E-state index in [1.54, 1.807) is 11.3 Å². The van der Waals surface area contributed by atoms with Crippen LogP contribution in [0.4, 0.5) is 0 Å². The fourth-order valence-corrected chi connectivity index (χ4v) is 1.42. The number of nitrogens with zero attached hydrogens (tertiary/aromatic N) is 1. The monoisotopic (exact) mass is 153 g/mol. The summed E-state index contributed by atoms with van der Waals surface area (Å²) in [5.74, 6) is 0. The van der Waals surface area contributed by atoms with Crippen molar-refractivity contribution in [3.05, 3.63) is 15.4 Å². The summed E-state index contributed by atoms with van der Waals surface area (Å²) in [7, 11) is 0. The van der Waals surface area contributed by atoms with Gasteiger partial charge in [0, 0.05) is 4.53 Å². The van der Waals surface area contributed by atoms with Gasteiger partial charge in [-0.2, -0.15) is 0 Å². The Kier molecular flexibility index (Phi) is 2.63. The van der Waals surface area contributed by atoms with Crippen LogP contribution in [-0.4, -0.2) is 4.98 Å². The van der Waals surface area contributed by atoms with Crippen LogP contribution in [0, 0.1) is 0 Å². The first kappa shape index (κ1) is 7.48. The summed E-state index contributed by atoms with van der Waals surface area (Å²) in [6, 6.07) is 0. The summed E-state index contributed by atoms with van der Waals surface area (Å²) in [4.78, 5) is 4.05. The lowest BCUT2D eigenvalue weighted by Crippen LogP contribution is -2.17. The van der Waals surface area contributed by atoms with Gasteiger partial charge in [-0.05, 0) is 6.42 Å². The fourth-order valence-electron chi connectivity index (χ4n) is 0.720. The lowest BCUT2D eigenvalue weighted by atomic mass is 10.3. The third-order valence-electron chi connectivity index (χ3n) is 1.29. The molecule has 1 heterocycles. The molecule has 1 rings (SSSR count). The van der Waals surface area contributed by atoms with Gasteiger partial charge in [0.25, 0.3) is 0 Å². The fraction of sp³-hybridized carbons (Fsp3) is 0.375. The molecule has 0 aromatic carbocycles. The second-order valence-electron chi connectivity index (χ2n) is 2.16. The normalized spacial score (nSPS) is 12.3. The van der Waals surface area contributed by atoms with Gasteiger partial charge in [-0.3, -0.25) is 0 Å². The Hall–Kier alpha value is -0.630. The zero-order valence-corrected chi connectivity index (χ0v) is 6.95. The van der Waals surface area contributed by atoms with Crippen molar-refractivity contribution in [2.24, 2.45) is 0 Å². The van der Waals surface area contributed by atoms with Crippen LogP contribution in [0.1, 0.15) is 19.8 Å². The molecule has 2 heteroatoms. The van der Waals surface area contributed by atoms with Crippen LogP contribution in [0.5, 0.6) is 0 Å². The van der Waals surface area contributed by atoms with Crippen LogP contribution in [0.2, 0.25) is 0 Å². The lowest BCUT2D eigenvalue weighted by molar-refractivity contribution is 0.992. The van der Waals surface area contributed by atoms with Crippen LogP contribution in [0.15, 0.2) is 5.51 Å². The summed E-state index contributed by atoms with van der Waals surface area (Å²) in [6.07, 6.45) is 4.52. The molecule has 0 atom stereocenters. The average molecular weight is 153 g/mol. The van der Waals surface area contributed by atoms with Crippen molar-refractivity contribution in [3.63, 3.8) is 0 Å². The first-order valence-corrected chi connectivity index (χ1v) is 4.31. The van der Waals surface area contributed by atoms with Gasteiger partial charge in [-0.25, -0.2) is 4.98 Å². The van der Waals surface area contributed by atoms with Crippen molar-refractivity contribution < 1.29 is 0 Å². The number of hydrogen-bond donors (Lipinski definition) is 0. The van der Waals surface area contributed by atoms with Crippen molar-refractivity contribution in [3.8, 4) is 0 Å². The quantitative estimate of drug-likeness (QED) is 0.620. The molecule has 0 aliphatic carbocycles.